The average molecular weight is 369 g/mol. The van der Waals surface area contributed by atoms with Crippen molar-refractivity contribution in [3.63, 3.8) is 0 Å². The molecule has 2 fully saturated rings. The lowest BCUT2D eigenvalue weighted by molar-refractivity contribution is 0.0240. The fourth-order valence-electron chi connectivity index (χ4n) is 3.06. The SMILES string of the molecule is CCNC(=NCCN(C(=O)OC(C)(C)C)C1CC1)N(C)CC1CCOC1. The van der Waals surface area contributed by atoms with Crippen molar-refractivity contribution < 1.29 is 14.3 Å². The number of nitrogens with one attached hydrogen (secondary N) is 1. The van der Waals surface area contributed by atoms with Crippen molar-refractivity contribution in [2.24, 2.45) is 10.9 Å². The van der Waals surface area contributed by atoms with E-state index in [4.69, 9.17) is 14.5 Å². The van der Waals surface area contributed by atoms with Crippen molar-refractivity contribution in [1.29, 1.82) is 0 Å². The third-order valence-electron chi connectivity index (χ3n) is 4.47. The van der Waals surface area contributed by atoms with E-state index in [0.717, 1.165) is 51.5 Å². The molecule has 1 saturated heterocycles. The summed E-state index contributed by atoms with van der Waals surface area (Å²) in [4.78, 5) is 21.1. The van der Waals surface area contributed by atoms with Crippen LogP contribution in [0.3, 0.4) is 0 Å². The van der Waals surface area contributed by atoms with Crippen molar-refractivity contribution in [1.82, 2.24) is 15.1 Å². The molecule has 1 atom stereocenters. The molecule has 1 N–H and O–H groups in total. The number of nitrogens with zero attached hydrogens (tertiary/aromatic N) is 3. The Hall–Kier alpha value is -1.50. The van der Waals surface area contributed by atoms with Crippen LogP contribution in [0.5, 0.6) is 0 Å². The van der Waals surface area contributed by atoms with Gasteiger partial charge in [-0.25, -0.2) is 4.79 Å². The summed E-state index contributed by atoms with van der Waals surface area (Å²) < 4.78 is 11.0. The minimum absolute atomic E-state index is 0.225. The monoisotopic (exact) mass is 368 g/mol. The Morgan fingerprint density at radius 3 is 2.58 bits per heavy atom. The molecule has 2 aliphatic rings. The topological polar surface area (TPSA) is 66.4 Å². The van der Waals surface area contributed by atoms with E-state index < -0.39 is 5.60 Å². The molecule has 1 unspecified atom stereocenters. The van der Waals surface area contributed by atoms with Gasteiger partial charge in [-0.1, -0.05) is 0 Å². The highest BCUT2D eigenvalue weighted by molar-refractivity contribution is 5.79. The van der Waals surface area contributed by atoms with E-state index >= 15 is 0 Å². The highest BCUT2D eigenvalue weighted by Gasteiger charge is 2.34. The molecule has 7 heteroatoms. The minimum atomic E-state index is -0.466. The molecule has 1 saturated carbocycles. The number of amides is 1. The minimum Gasteiger partial charge on any atom is -0.444 e. The lowest BCUT2D eigenvalue weighted by atomic mass is 10.1. The van der Waals surface area contributed by atoms with Crippen molar-refractivity contribution in [2.45, 2.75) is 58.6 Å². The molecule has 0 aromatic carbocycles. The Balaban J connectivity index is 1.88. The van der Waals surface area contributed by atoms with Gasteiger partial charge >= 0.3 is 6.09 Å². The zero-order chi connectivity index (χ0) is 19.2. The number of hydrogen-bond donors (Lipinski definition) is 1. The second-order valence-corrected chi connectivity index (χ2v) is 8.25. The van der Waals surface area contributed by atoms with E-state index in [2.05, 4.69) is 24.2 Å². The van der Waals surface area contributed by atoms with Gasteiger partial charge in [0.1, 0.15) is 5.60 Å². The number of aliphatic imine (C=N–C) groups is 1. The molecule has 0 aromatic heterocycles. The number of carbonyl (C=O) groups is 1. The molecule has 2 rings (SSSR count). The van der Waals surface area contributed by atoms with Crippen LogP contribution in [0.1, 0.15) is 47.0 Å². The molecule has 0 radical (unpaired) electrons. The Morgan fingerprint density at radius 2 is 2.04 bits per heavy atom. The van der Waals surface area contributed by atoms with Gasteiger partial charge in [-0.05, 0) is 47.0 Å². The van der Waals surface area contributed by atoms with Crippen LogP contribution in [-0.2, 0) is 9.47 Å². The lowest BCUT2D eigenvalue weighted by Gasteiger charge is -2.27. The quantitative estimate of drug-likeness (QED) is 0.552. The normalized spacial score (nSPS) is 20.8. The smallest absolute Gasteiger partial charge is 0.410 e. The highest BCUT2D eigenvalue weighted by Crippen LogP contribution is 2.28. The van der Waals surface area contributed by atoms with Crippen LogP contribution in [0.4, 0.5) is 4.79 Å². The number of ether oxygens (including phenoxy) is 2. The molecule has 7 nitrogen and oxygen atoms in total. The molecule has 0 spiro atoms. The fourth-order valence-corrected chi connectivity index (χ4v) is 3.06. The maximum atomic E-state index is 12.4. The van der Waals surface area contributed by atoms with Gasteiger partial charge in [0.25, 0.3) is 0 Å². The first-order chi connectivity index (χ1) is 12.3. The van der Waals surface area contributed by atoms with E-state index in [1.165, 1.54) is 0 Å². The van der Waals surface area contributed by atoms with E-state index in [-0.39, 0.29) is 6.09 Å². The third-order valence-corrected chi connectivity index (χ3v) is 4.47. The first-order valence-electron chi connectivity index (χ1n) is 9.87. The van der Waals surface area contributed by atoms with E-state index in [1.54, 1.807) is 0 Å². The van der Waals surface area contributed by atoms with Crippen molar-refractivity contribution in [3.8, 4) is 0 Å². The average Bonchev–Trinajstić information content (AvgIpc) is 3.25. The molecule has 1 amide bonds. The number of hydrogen-bond acceptors (Lipinski definition) is 4. The van der Waals surface area contributed by atoms with Crippen molar-refractivity contribution >= 4 is 12.1 Å². The Labute approximate surface area is 158 Å². The van der Waals surface area contributed by atoms with Gasteiger partial charge in [-0.2, -0.15) is 0 Å². The van der Waals surface area contributed by atoms with Crippen molar-refractivity contribution in [3.05, 3.63) is 0 Å². The van der Waals surface area contributed by atoms with Gasteiger partial charge < -0.3 is 24.6 Å². The fraction of sp³-hybridized carbons (Fsp3) is 0.895. The summed E-state index contributed by atoms with van der Waals surface area (Å²) >= 11 is 0. The number of carbonyl (C=O) groups excluding carboxylic acids is 1. The molecular formula is C19H36N4O3. The molecule has 0 aromatic rings. The van der Waals surface area contributed by atoms with Gasteiger partial charge in [0.2, 0.25) is 0 Å². The summed E-state index contributed by atoms with van der Waals surface area (Å²) in [7, 11) is 2.06. The summed E-state index contributed by atoms with van der Waals surface area (Å²) in [6, 6.07) is 0.316. The van der Waals surface area contributed by atoms with Crippen LogP contribution < -0.4 is 5.32 Å². The lowest BCUT2D eigenvalue weighted by Crippen LogP contribution is -2.43. The number of rotatable bonds is 7. The van der Waals surface area contributed by atoms with Crippen LogP contribution in [0.2, 0.25) is 0 Å². The van der Waals surface area contributed by atoms with Gasteiger partial charge in [0.05, 0.1) is 13.2 Å². The van der Waals surface area contributed by atoms with E-state index in [9.17, 15) is 4.79 Å². The first kappa shape index (κ1) is 20.8. The van der Waals surface area contributed by atoms with Crippen molar-refractivity contribution in [2.75, 3.05) is 46.4 Å². The van der Waals surface area contributed by atoms with Crippen LogP contribution in [0.25, 0.3) is 0 Å². The summed E-state index contributed by atoms with van der Waals surface area (Å²) in [6.45, 7) is 12.4. The molecule has 1 aliphatic heterocycles. The van der Waals surface area contributed by atoms with Crippen LogP contribution in [0, 0.1) is 5.92 Å². The predicted octanol–water partition coefficient (Wildman–Crippen LogP) is 2.32. The molecular weight excluding hydrogens is 332 g/mol. The van der Waals surface area contributed by atoms with Crippen LogP contribution in [-0.4, -0.2) is 79.9 Å². The Morgan fingerprint density at radius 1 is 1.31 bits per heavy atom. The zero-order valence-electron chi connectivity index (χ0n) is 17.1. The first-order valence-corrected chi connectivity index (χ1v) is 9.87. The summed E-state index contributed by atoms with van der Waals surface area (Å²) in [5, 5.41) is 3.34. The van der Waals surface area contributed by atoms with Crippen LogP contribution >= 0.6 is 0 Å². The second kappa shape index (κ2) is 9.44. The summed E-state index contributed by atoms with van der Waals surface area (Å²) in [5.74, 6) is 1.45. The molecule has 0 bridgehead atoms. The third kappa shape index (κ3) is 7.02. The largest absolute Gasteiger partial charge is 0.444 e. The van der Waals surface area contributed by atoms with Gasteiger partial charge in [-0.3, -0.25) is 4.99 Å². The summed E-state index contributed by atoms with van der Waals surface area (Å²) in [5.41, 5.74) is -0.466. The molecule has 150 valence electrons. The highest BCUT2D eigenvalue weighted by atomic mass is 16.6. The van der Waals surface area contributed by atoms with Crippen LogP contribution in [0.15, 0.2) is 4.99 Å². The second-order valence-electron chi connectivity index (χ2n) is 8.25. The van der Waals surface area contributed by atoms with E-state index in [1.807, 2.05) is 25.7 Å². The molecule has 26 heavy (non-hydrogen) atoms. The van der Waals surface area contributed by atoms with Gasteiger partial charge in [0, 0.05) is 45.2 Å². The summed E-state index contributed by atoms with van der Waals surface area (Å²) in [6.07, 6.45) is 3.00. The predicted molar refractivity (Wildman–Crippen MR) is 103 cm³/mol. The Bertz CT molecular complexity index is 480. The van der Waals surface area contributed by atoms with Gasteiger partial charge in [-0.15, -0.1) is 0 Å². The molecule has 1 aliphatic carbocycles. The maximum absolute atomic E-state index is 12.4. The zero-order valence-corrected chi connectivity index (χ0v) is 17.1. The Kier molecular flexibility index (Phi) is 7.55. The molecule has 1 heterocycles. The standard InChI is InChI=1S/C19H36N4O3/c1-6-20-17(22(5)13-15-9-12-25-14-15)21-10-11-23(16-7-8-16)18(24)26-19(2,3)4/h15-16H,6-14H2,1-5H3,(H,20,21). The van der Waals surface area contributed by atoms with E-state index in [0.29, 0.717) is 25.0 Å². The van der Waals surface area contributed by atoms with Gasteiger partial charge in [0.15, 0.2) is 5.96 Å². The number of guanidine groups is 1. The maximum Gasteiger partial charge on any atom is 0.410 e.